The molecule has 21 heavy (non-hydrogen) atoms. The molecule has 0 radical (unpaired) electrons. The quantitative estimate of drug-likeness (QED) is 0.772. The summed E-state index contributed by atoms with van der Waals surface area (Å²) in [5, 5.41) is 13.6. The normalized spacial score (nSPS) is 12.2. The van der Waals surface area contributed by atoms with Crippen LogP contribution in [0.4, 0.5) is 4.79 Å². The third-order valence-electron chi connectivity index (χ3n) is 3.04. The fourth-order valence-electron chi connectivity index (χ4n) is 2.15. The summed E-state index contributed by atoms with van der Waals surface area (Å²) in [7, 11) is 1.70. The molecule has 0 aliphatic rings. The van der Waals surface area contributed by atoms with Crippen molar-refractivity contribution < 1.29 is 14.7 Å². The molecule has 1 unspecified atom stereocenters. The molecule has 1 aromatic rings. The number of rotatable bonds is 8. The summed E-state index contributed by atoms with van der Waals surface area (Å²) in [4.78, 5) is 28.5. The lowest BCUT2D eigenvalue weighted by Gasteiger charge is -2.21. The van der Waals surface area contributed by atoms with E-state index in [0.29, 0.717) is 19.0 Å². The van der Waals surface area contributed by atoms with Gasteiger partial charge in [0.2, 0.25) is 0 Å². The van der Waals surface area contributed by atoms with Crippen LogP contribution in [-0.4, -0.2) is 40.6 Å². The number of nitrogens with one attached hydrogen (secondary N) is 1. The fraction of sp³-hybridized carbons (Fsp3) is 0.643. The zero-order valence-corrected chi connectivity index (χ0v) is 13.5. The van der Waals surface area contributed by atoms with Crippen molar-refractivity contribution in [1.29, 1.82) is 0 Å². The zero-order chi connectivity index (χ0) is 15.8. The summed E-state index contributed by atoms with van der Waals surface area (Å²) >= 11 is 1.49. The summed E-state index contributed by atoms with van der Waals surface area (Å²) in [6.45, 7) is 4.92. The van der Waals surface area contributed by atoms with Gasteiger partial charge in [0.05, 0.1) is 17.7 Å². The van der Waals surface area contributed by atoms with Gasteiger partial charge in [0, 0.05) is 25.4 Å². The van der Waals surface area contributed by atoms with E-state index in [2.05, 4.69) is 10.3 Å². The highest BCUT2D eigenvalue weighted by molar-refractivity contribution is 7.07. The number of hydrogen-bond donors (Lipinski definition) is 2. The molecule has 1 heterocycles. The number of carboxylic acids is 1. The van der Waals surface area contributed by atoms with Crippen LogP contribution in [0.2, 0.25) is 0 Å². The second-order valence-electron chi connectivity index (χ2n) is 5.62. The van der Waals surface area contributed by atoms with Crippen molar-refractivity contribution in [3.8, 4) is 0 Å². The van der Waals surface area contributed by atoms with Crippen molar-refractivity contribution in [3.63, 3.8) is 0 Å². The molecule has 1 atom stereocenters. The third-order valence-corrected chi connectivity index (χ3v) is 3.67. The largest absolute Gasteiger partial charge is 0.481 e. The Morgan fingerprint density at radius 3 is 2.71 bits per heavy atom. The summed E-state index contributed by atoms with van der Waals surface area (Å²) in [5.41, 5.74) is 2.58. The van der Waals surface area contributed by atoms with E-state index in [9.17, 15) is 9.59 Å². The van der Waals surface area contributed by atoms with Crippen molar-refractivity contribution in [2.24, 2.45) is 11.8 Å². The second-order valence-corrected chi connectivity index (χ2v) is 6.33. The van der Waals surface area contributed by atoms with Crippen LogP contribution in [0.25, 0.3) is 0 Å². The van der Waals surface area contributed by atoms with E-state index in [1.165, 1.54) is 11.3 Å². The minimum Gasteiger partial charge on any atom is -0.481 e. The number of hydrogen-bond acceptors (Lipinski definition) is 4. The maximum Gasteiger partial charge on any atom is 0.317 e. The fourth-order valence-corrected chi connectivity index (χ4v) is 2.70. The molecule has 0 bridgehead atoms. The van der Waals surface area contributed by atoms with Crippen LogP contribution in [-0.2, 0) is 11.3 Å². The van der Waals surface area contributed by atoms with Crippen LogP contribution in [0.1, 0.15) is 32.4 Å². The number of thiazole rings is 1. The summed E-state index contributed by atoms with van der Waals surface area (Å²) in [6, 6.07) is -0.206. The van der Waals surface area contributed by atoms with Gasteiger partial charge in [-0.1, -0.05) is 13.8 Å². The Morgan fingerprint density at radius 2 is 2.19 bits per heavy atom. The first-order valence-electron chi connectivity index (χ1n) is 6.96. The van der Waals surface area contributed by atoms with Crippen molar-refractivity contribution >= 4 is 23.3 Å². The predicted molar refractivity (Wildman–Crippen MR) is 82.2 cm³/mol. The Bertz CT molecular complexity index is 448. The molecule has 0 spiro atoms. The van der Waals surface area contributed by atoms with E-state index >= 15 is 0 Å². The number of urea groups is 1. The number of carbonyl (C=O) groups excluding carboxylic acids is 1. The molecule has 0 saturated heterocycles. The Hall–Kier alpha value is -1.63. The summed E-state index contributed by atoms with van der Waals surface area (Å²) < 4.78 is 0. The van der Waals surface area contributed by atoms with Gasteiger partial charge < -0.3 is 15.3 Å². The van der Waals surface area contributed by atoms with E-state index in [-0.39, 0.29) is 18.4 Å². The van der Waals surface area contributed by atoms with Crippen LogP contribution in [0.3, 0.4) is 0 Å². The van der Waals surface area contributed by atoms with E-state index in [1.54, 1.807) is 17.5 Å². The van der Waals surface area contributed by atoms with Gasteiger partial charge in [0.15, 0.2) is 0 Å². The number of nitrogens with zero attached hydrogens (tertiary/aromatic N) is 2. The lowest BCUT2D eigenvalue weighted by molar-refractivity contribution is -0.138. The molecule has 0 fully saturated rings. The average Bonchev–Trinajstić information content (AvgIpc) is 2.86. The highest BCUT2D eigenvalue weighted by Gasteiger charge is 2.17. The molecule has 0 aromatic carbocycles. The van der Waals surface area contributed by atoms with Crippen molar-refractivity contribution in [3.05, 3.63) is 16.6 Å². The molecule has 0 aliphatic heterocycles. The van der Waals surface area contributed by atoms with E-state index < -0.39 is 5.97 Å². The van der Waals surface area contributed by atoms with Gasteiger partial charge in [0.25, 0.3) is 0 Å². The minimum absolute atomic E-state index is 0.0425. The second kappa shape index (κ2) is 8.61. The average molecular weight is 313 g/mol. The first kappa shape index (κ1) is 17.4. The zero-order valence-electron chi connectivity index (χ0n) is 12.7. The van der Waals surface area contributed by atoms with E-state index in [0.717, 1.165) is 12.1 Å². The maximum atomic E-state index is 12.0. The van der Waals surface area contributed by atoms with Crippen LogP contribution in [0.5, 0.6) is 0 Å². The number of aromatic nitrogens is 1. The molecular weight excluding hydrogens is 290 g/mol. The molecule has 1 rings (SSSR count). The van der Waals surface area contributed by atoms with Gasteiger partial charge in [-0.15, -0.1) is 11.3 Å². The highest BCUT2D eigenvalue weighted by Crippen LogP contribution is 2.15. The minimum atomic E-state index is -0.828. The van der Waals surface area contributed by atoms with E-state index in [1.807, 2.05) is 19.2 Å². The van der Waals surface area contributed by atoms with Gasteiger partial charge in [0.1, 0.15) is 0 Å². The van der Waals surface area contributed by atoms with Crippen LogP contribution in [0, 0.1) is 11.8 Å². The summed E-state index contributed by atoms with van der Waals surface area (Å²) in [6.07, 6.45) is 0.858. The molecule has 1 aromatic heterocycles. The lowest BCUT2D eigenvalue weighted by Crippen LogP contribution is -2.39. The number of carbonyl (C=O) groups is 2. The van der Waals surface area contributed by atoms with E-state index in [4.69, 9.17) is 5.11 Å². The Kier molecular flexibility index (Phi) is 7.14. The number of aliphatic carboxylic acids is 1. The van der Waals surface area contributed by atoms with Gasteiger partial charge in [-0.2, -0.15) is 0 Å². The first-order valence-corrected chi connectivity index (χ1v) is 7.90. The van der Waals surface area contributed by atoms with Gasteiger partial charge in [-0.3, -0.25) is 4.79 Å². The molecular formula is C14H23N3O3S. The topological polar surface area (TPSA) is 82.5 Å². The van der Waals surface area contributed by atoms with Crippen molar-refractivity contribution in [1.82, 2.24) is 15.2 Å². The molecule has 2 N–H and O–H groups in total. The maximum absolute atomic E-state index is 12.0. The Labute approximate surface area is 129 Å². The monoisotopic (exact) mass is 313 g/mol. The Morgan fingerprint density at radius 1 is 1.48 bits per heavy atom. The molecule has 2 amide bonds. The lowest BCUT2D eigenvalue weighted by atomic mass is 9.94. The predicted octanol–water partition coefficient (Wildman–Crippen LogP) is 2.42. The standard InChI is InChI=1S/C14H23N3O3S/c1-10(2)4-11(5-13(18)19)6-15-14(20)17(3)7-12-8-21-9-16-12/h8-11H,4-7H2,1-3H3,(H,15,20)(H,18,19). The molecule has 0 saturated carbocycles. The van der Waals surface area contributed by atoms with Crippen LogP contribution < -0.4 is 5.32 Å². The van der Waals surface area contributed by atoms with Gasteiger partial charge >= 0.3 is 12.0 Å². The smallest absolute Gasteiger partial charge is 0.317 e. The molecule has 7 heteroatoms. The Balaban J connectivity index is 2.42. The van der Waals surface area contributed by atoms with Crippen LogP contribution >= 0.6 is 11.3 Å². The molecule has 0 aliphatic carbocycles. The molecule has 6 nitrogen and oxygen atoms in total. The highest BCUT2D eigenvalue weighted by atomic mass is 32.1. The summed E-state index contributed by atoms with van der Waals surface area (Å²) in [5.74, 6) is -0.469. The third kappa shape index (κ3) is 7.08. The van der Waals surface area contributed by atoms with Crippen LogP contribution in [0.15, 0.2) is 10.9 Å². The van der Waals surface area contributed by atoms with Crippen molar-refractivity contribution in [2.75, 3.05) is 13.6 Å². The number of carboxylic acid groups (broad SMARTS) is 1. The van der Waals surface area contributed by atoms with Gasteiger partial charge in [-0.25, -0.2) is 9.78 Å². The number of amides is 2. The van der Waals surface area contributed by atoms with Crippen molar-refractivity contribution in [2.45, 2.75) is 33.2 Å². The van der Waals surface area contributed by atoms with Gasteiger partial charge in [-0.05, 0) is 18.3 Å². The molecule has 118 valence electrons. The SMILES string of the molecule is CC(C)CC(CNC(=O)N(C)Cc1cscn1)CC(=O)O. The first-order chi connectivity index (χ1) is 9.88.